The standard InChI is InChI=1S/C13H13FN2O3S/c1-2-19-11-6-3-5-10(9-11)16-20(17,18)13-12(14)7-4-8-15-13/h3-9,16H,2H2,1H3. The first kappa shape index (κ1) is 14.3. The number of nitrogens with zero attached hydrogens (tertiary/aromatic N) is 1. The second kappa shape index (κ2) is 5.87. The molecule has 1 aromatic carbocycles. The zero-order valence-corrected chi connectivity index (χ0v) is 11.5. The highest BCUT2D eigenvalue weighted by atomic mass is 32.2. The Balaban J connectivity index is 2.29. The molecule has 5 nitrogen and oxygen atoms in total. The number of anilines is 1. The van der Waals surface area contributed by atoms with Crippen molar-refractivity contribution in [3.63, 3.8) is 0 Å². The highest BCUT2D eigenvalue weighted by Gasteiger charge is 2.20. The normalized spacial score (nSPS) is 11.1. The molecule has 0 spiro atoms. The Morgan fingerprint density at radius 1 is 1.30 bits per heavy atom. The summed E-state index contributed by atoms with van der Waals surface area (Å²) < 4.78 is 45.1. The molecule has 7 heteroatoms. The van der Waals surface area contributed by atoms with Crippen molar-refractivity contribution in [2.45, 2.75) is 11.9 Å². The Bertz CT molecular complexity index is 704. The summed E-state index contributed by atoms with van der Waals surface area (Å²) >= 11 is 0. The van der Waals surface area contributed by atoms with Crippen LogP contribution in [-0.2, 0) is 10.0 Å². The smallest absolute Gasteiger partial charge is 0.282 e. The number of nitrogens with one attached hydrogen (secondary N) is 1. The number of rotatable bonds is 5. The summed E-state index contributed by atoms with van der Waals surface area (Å²) in [6, 6.07) is 8.76. The van der Waals surface area contributed by atoms with Gasteiger partial charge in [-0.3, -0.25) is 4.72 Å². The summed E-state index contributed by atoms with van der Waals surface area (Å²) in [7, 11) is -4.07. The van der Waals surface area contributed by atoms with Crippen LogP contribution in [-0.4, -0.2) is 20.0 Å². The van der Waals surface area contributed by atoms with E-state index in [4.69, 9.17) is 4.74 Å². The maximum Gasteiger partial charge on any atom is 0.282 e. The van der Waals surface area contributed by atoms with E-state index >= 15 is 0 Å². The maximum absolute atomic E-state index is 13.5. The third-order valence-electron chi connectivity index (χ3n) is 2.38. The number of hydrogen-bond acceptors (Lipinski definition) is 4. The van der Waals surface area contributed by atoms with Gasteiger partial charge >= 0.3 is 0 Å². The molecular formula is C13H13FN2O3S. The van der Waals surface area contributed by atoms with E-state index in [2.05, 4.69) is 9.71 Å². The molecule has 20 heavy (non-hydrogen) atoms. The molecule has 1 N–H and O–H groups in total. The maximum atomic E-state index is 13.5. The van der Waals surface area contributed by atoms with E-state index in [0.717, 1.165) is 6.07 Å². The number of ether oxygens (including phenoxy) is 1. The van der Waals surface area contributed by atoms with Gasteiger partial charge in [-0.2, -0.15) is 8.42 Å². The third-order valence-corrected chi connectivity index (χ3v) is 3.69. The molecule has 0 saturated heterocycles. The highest BCUT2D eigenvalue weighted by molar-refractivity contribution is 7.92. The van der Waals surface area contributed by atoms with Crippen LogP contribution < -0.4 is 9.46 Å². The Kier molecular flexibility index (Phi) is 4.19. The van der Waals surface area contributed by atoms with Gasteiger partial charge < -0.3 is 4.74 Å². The van der Waals surface area contributed by atoms with Crippen molar-refractivity contribution in [1.29, 1.82) is 0 Å². The van der Waals surface area contributed by atoms with Gasteiger partial charge in [0, 0.05) is 12.3 Å². The zero-order valence-electron chi connectivity index (χ0n) is 10.7. The molecule has 0 amide bonds. The predicted octanol–water partition coefficient (Wildman–Crippen LogP) is 2.42. The quantitative estimate of drug-likeness (QED) is 0.920. The van der Waals surface area contributed by atoms with Gasteiger partial charge in [0.2, 0.25) is 5.03 Å². The molecule has 0 aliphatic rings. The monoisotopic (exact) mass is 296 g/mol. The van der Waals surface area contributed by atoms with Gasteiger partial charge in [0.05, 0.1) is 12.3 Å². The van der Waals surface area contributed by atoms with Crippen molar-refractivity contribution in [1.82, 2.24) is 4.98 Å². The Morgan fingerprint density at radius 2 is 2.10 bits per heavy atom. The Labute approximate surface area is 116 Å². The van der Waals surface area contributed by atoms with E-state index in [1.165, 1.54) is 18.3 Å². The third kappa shape index (κ3) is 3.24. The summed E-state index contributed by atoms with van der Waals surface area (Å²) in [6.45, 7) is 2.28. The zero-order chi connectivity index (χ0) is 14.6. The summed E-state index contributed by atoms with van der Waals surface area (Å²) in [5.74, 6) is -0.379. The minimum absolute atomic E-state index is 0.279. The minimum Gasteiger partial charge on any atom is -0.494 e. The second-order valence-electron chi connectivity index (χ2n) is 3.86. The Hall–Kier alpha value is -2.15. The van der Waals surface area contributed by atoms with Gasteiger partial charge in [0.15, 0.2) is 5.82 Å². The number of halogens is 1. The molecule has 0 fully saturated rings. The summed E-state index contributed by atoms with van der Waals surface area (Å²) in [5.41, 5.74) is 0.279. The molecule has 1 heterocycles. The fraction of sp³-hybridized carbons (Fsp3) is 0.154. The first-order valence-electron chi connectivity index (χ1n) is 5.89. The molecule has 1 aromatic heterocycles. The van der Waals surface area contributed by atoms with Crippen molar-refractivity contribution in [2.75, 3.05) is 11.3 Å². The van der Waals surface area contributed by atoms with Crippen LogP contribution in [0.15, 0.2) is 47.6 Å². The van der Waals surface area contributed by atoms with Crippen molar-refractivity contribution in [3.05, 3.63) is 48.4 Å². The van der Waals surface area contributed by atoms with Crippen LogP contribution in [0.4, 0.5) is 10.1 Å². The number of pyridine rings is 1. The lowest BCUT2D eigenvalue weighted by atomic mass is 10.3. The molecule has 0 aliphatic heterocycles. The summed E-state index contributed by atoms with van der Waals surface area (Å²) in [6.07, 6.45) is 1.22. The average molecular weight is 296 g/mol. The number of aromatic nitrogens is 1. The number of benzene rings is 1. The first-order valence-corrected chi connectivity index (χ1v) is 7.37. The minimum atomic E-state index is -4.07. The van der Waals surface area contributed by atoms with Crippen LogP contribution in [0.1, 0.15) is 6.92 Å². The summed E-state index contributed by atoms with van der Waals surface area (Å²) in [5, 5.41) is -0.637. The molecule has 0 atom stereocenters. The van der Waals surface area contributed by atoms with Gasteiger partial charge in [-0.05, 0) is 31.2 Å². The SMILES string of the molecule is CCOc1cccc(NS(=O)(=O)c2ncccc2F)c1. The lowest BCUT2D eigenvalue weighted by molar-refractivity contribution is 0.340. The van der Waals surface area contributed by atoms with E-state index in [0.29, 0.717) is 12.4 Å². The van der Waals surface area contributed by atoms with E-state index in [-0.39, 0.29) is 5.69 Å². The van der Waals surface area contributed by atoms with Crippen molar-refractivity contribution in [2.24, 2.45) is 0 Å². The summed E-state index contributed by atoms with van der Waals surface area (Å²) in [4.78, 5) is 3.55. The number of sulfonamides is 1. The first-order chi connectivity index (χ1) is 9.53. The van der Waals surface area contributed by atoms with Crippen LogP contribution in [0.5, 0.6) is 5.75 Å². The largest absolute Gasteiger partial charge is 0.494 e. The molecule has 0 radical (unpaired) electrons. The predicted molar refractivity (Wildman–Crippen MR) is 72.6 cm³/mol. The van der Waals surface area contributed by atoms with Crippen LogP contribution in [0.3, 0.4) is 0 Å². The van der Waals surface area contributed by atoms with Gasteiger partial charge in [0.1, 0.15) is 5.75 Å². The van der Waals surface area contributed by atoms with Crippen LogP contribution >= 0.6 is 0 Å². The Morgan fingerprint density at radius 3 is 2.80 bits per heavy atom. The molecular weight excluding hydrogens is 283 g/mol. The fourth-order valence-corrected chi connectivity index (χ4v) is 2.65. The van der Waals surface area contributed by atoms with Crippen molar-refractivity contribution in [3.8, 4) is 5.75 Å². The van der Waals surface area contributed by atoms with Crippen LogP contribution in [0.25, 0.3) is 0 Å². The second-order valence-corrected chi connectivity index (χ2v) is 5.45. The molecule has 2 aromatic rings. The van der Waals surface area contributed by atoms with Crippen molar-refractivity contribution >= 4 is 15.7 Å². The molecule has 2 rings (SSSR count). The van der Waals surface area contributed by atoms with Gasteiger partial charge in [-0.15, -0.1) is 0 Å². The van der Waals surface area contributed by atoms with Crippen LogP contribution in [0, 0.1) is 5.82 Å². The molecule has 0 unspecified atom stereocenters. The fourth-order valence-electron chi connectivity index (χ4n) is 1.59. The number of hydrogen-bond donors (Lipinski definition) is 1. The lowest BCUT2D eigenvalue weighted by Crippen LogP contribution is -2.16. The van der Waals surface area contributed by atoms with E-state index in [1.54, 1.807) is 18.2 Å². The van der Waals surface area contributed by atoms with E-state index in [9.17, 15) is 12.8 Å². The topological polar surface area (TPSA) is 68.3 Å². The molecule has 0 aliphatic carbocycles. The van der Waals surface area contributed by atoms with Gasteiger partial charge in [-0.25, -0.2) is 9.37 Å². The molecule has 0 saturated carbocycles. The van der Waals surface area contributed by atoms with E-state index < -0.39 is 20.9 Å². The van der Waals surface area contributed by atoms with Gasteiger partial charge in [0.25, 0.3) is 10.0 Å². The molecule has 106 valence electrons. The lowest BCUT2D eigenvalue weighted by Gasteiger charge is -2.09. The van der Waals surface area contributed by atoms with E-state index in [1.807, 2.05) is 6.92 Å². The van der Waals surface area contributed by atoms with Crippen LogP contribution in [0.2, 0.25) is 0 Å². The highest BCUT2D eigenvalue weighted by Crippen LogP contribution is 2.21. The van der Waals surface area contributed by atoms with Gasteiger partial charge in [-0.1, -0.05) is 6.07 Å². The molecule has 0 bridgehead atoms. The average Bonchev–Trinajstić information content (AvgIpc) is 2.39. The van der Waals surface area contributed by atoms with Crippen molar-refractivity contribution < 1.29 is 17.5 Å².